The third-order valence-corrected chi connectivity index (χ3v) is 2.00. The SMILES string of the molecule is Nc1cc(F)cc(C(=O)Nc2cccnn2)c1. The van der Waals surface area contributed by atoms with Gasteiger partial charge in [-0.05, 0) is 30.3 Å². The fraction of sp³-hybridized carbons (Fsp3) is 0. The van der Waals surface area contributed by atoms with Crippen LogP contribution >= 0.6 is 0 Å². The summed E-state index contributed by atoms with van der Waals surface area (Å²) in [6, 6.07) is 6.83. The summed E-state index contributed by atoms with van der Waals surface area (Å²) >= 11 is 0. The Morgan fingerprint density at radius 1 is 1.35 bits per heavy atom. The number of aromatic nitrogens is 2. The summed E-state index contributed by atoms with van der Waals surface area (Å²) in [7, 11) is 0. The van der Waals surface area contributed by atoms with Crippen molar-refractivity contribution in [3.8, 4) is 0 Å². The number of hydrogen-bond acceptors (Lipinski definition) is 4. The van der Waals surface area contributed by atoms with Crippen molar-refractivity contribution in [3.63, 3.8) is 0 Å². The molecule has 0 unspecified atom stereocenters. The van der Waals surface area contributed by atoms with E-state index in [0.717, 1.165) is 12.1 Å². The van der Waals surface area contributed by atoms with Crippen molar-refractivity contribution in [3.05, 3.63) is 47.9 Å². The molecular formula is C11H9FN4O. The van der Waals surface area contributed by atoms with Gasteiger partial charge in [0, 0.05) is 17.4 Å². The summed E-state index contributed by atoms with van der Waals surface area (Å²) in [5, 5.41) is 9.76. The number of anilines is 2. The standard InChI is InChI=1S/C11H9FN4O/c12-8-4-7(5-9(13)6-8)11(17)15-10-2-1-3-14-16-10/h1-6H,13H2,(H,15,16,17). The largest absolute Gasteiger partial charge is 0.399 e. The van der Waals surface area contributed by atoms with Crippen LogP contribution in [-0.4, -0.2) is 16.1 Å². The van der Waals surface area contributed by atoms with Crippen molar-refractivity contribution in [1.29, 1.82) is 0 Å². The van der Waals surface area contributed by atoms with E-state index in [1.54, 1.807) is 12.1 Å². The predicted molar refractivity (Wildman–Crippen MR) is 60.8 cm³/mol. The first-order chi connectivity index (χ1) is 8.15. The average molecular weight is 232 g/mol. The highest BCUT2D eigenvalue weighted by Crippen LogP contribution is 2.12. The number of rotatable bonds is 2. The van der Waals surface area contributed by atoms with E-state index in [-0.39, 0.29) is 11.3 Å². The minimum atomic E-state index is -0.561. The van der Waals surface area contributed by atoms with Gasteiger partial charge in [-0.15, -0.1) is 5.10 Å². The van der Waals surface area contributed by atoms with Crippen LogP contribution in [-0.2, 0) is 0 Å². The second-order valence-corrected chi connectivity index (χ2v) is 3.34. The Morgan fingerprint density at radius 2 is 2.18 bits per heavy atom. The van der Waals surface area contributed by atoms with E-state index in [0.29, 0.717) is 5.82 Å². The molecule has 1 amide bonds. The number of benzene rings is 1. The van der Waals surface area contributed by atoms with Gasteiger partial charge in [0.2, 0.25) is 0 Å². The molecule has 86 valence electrons. The second kappa shape index (κ2) is 4.56. The van der Waals surface area contributed by atoms with Crippen molar-refractivity contribution in [1.82, 2.24) is 10.2 Å². The van der Waals surface area contributed by atoms with Crippen LogP contribution in [0.15, 0.2) is 36.5 Å². The van der Waals surface area contributed by atoms with Gasteiger partial charge in [0.05, 0.1) is 0 Å². The second-order valence-electron chi connectivity index (χ2n) is 3.34. The van der Waals surface area contributed by atoms with E-state index >= 15 is 0 Å². The minimum absolute atomic E-state index is 0.133. The maximum atomic E-state index is 13.0. The number of carbonyl (C=O) groups is 1. The van der Waals surface area contributed by atoms with Gasteiger partial charge in [-0.25, -0.2) is 4.39 Å². The third kappa shape index (κ3) is 2.75. The highest BCUT2D eigenvalue weighted by atomic mass is 19.1. The van der Waals surface area contributed by atoms with Crippen LogP contribution in [0.5, 0.6) is 0 Å². The molecule has 17 heavy (non-hydrogen) atoms. The maximum absolute atomic E-state index is 13.0. The van der Waals surface area contributed by atoms with Gasteiger partial charge in [0.1, 0.15) is 5.82 Å². The van der Waals surface area contributed by atoms with Crippen molar-refractivity contribution < 1.29 is 9.18 Å². The Morgan fingerprint density at radius 3 is 2.82 bits per heavy atom. The summed E-state index contributed by atoms with van der Waals surface area (Å²) < 4.78 is 13.0. The Labute approximate surface area is 96.5 Å². The smallest absolute Gasteiger partial charge is 0.257 e. The molecule has 1 aromatic carbocycles. The lowest BCUT2D eigenvalue weighted by Gasteiger charge is -2.04. The maximum Gasteiger partial charge on any atom is 0.257 e. The fourth-order valence-corrected chi connectivity index (χ4v) is 1.30. The Kier molecular flexibility index (Phi) is 2.95. The molecule has 2 rings (SSSR count). The molecule has 0 bridgehead atoms. The lowest BCUT2D eigenvalue weighted by Crippen LogP contribution is -2.13. The van der Waals surface area contributed by atoms with Crippen LogP contribution in [0.1, 0.15) is 10.4 Å². The minimum Gasteiger partial charge on any atom is -0.399 e. The number of nitrogens with two attached hydrogens (primary N) is 1. The zero-order valence-electron chi connectivity index (χ0n) is 8.72. The van der Waals surface area contributed by atoms with Gasteiger partial charge in [-0.2, -0.15) is 5.10 Å². The van der Waals surface area contributed by atoms with Gasteiger partial charge in [0.15, 0.2) is 5.82 Å². The molecule has 0 fully saturated rings. The van der Waals surface area contributed by atoms with Crippen LogP contribution in [0.4, 0.5) is 15.9 Å². The molecule has 5 nitrogen and oxygen atoms in total. The van der Waals surface area contributed by atoms with E-state index in [9.17, 15) is 9.18 Å². The summed E-state index contributed by atoms with van der Waals surface area (Å²) in [4.78, 5) is 11.7. The van der Waals surface area contributed by atoms with Crippen LogP contribution in [0.25, 0.3) is 0 Å². The molecule has 1 heterocycles. The van der Waals surface area contributed by atoms with E-state index in [2.05, 4.69) is 15.5 Å². The van der Waals surface area contributed by atoms with Gasteiger partial charge in [0.25, 0.3) is 5.91 Å². The van der Waals surface area contributed by atoms with E-state index in [1.807, 2.05) is 0 Å². The summed E-state index contributed by atoms with van der Waals surface area (Å²) in [5.74, 6) is -0.758. The molecule has 0 aliphatic heterocycles. The Hall–Kier alpha value is -2.50. The molecule has 0 atom stereocenters. The molecule has 0 saturated carbocycles. The highest BCUT2D eigenvalue weighted by Gasteiger charge is 2.08. The van der Waals surface area contributed by atoms with Gasteiger partial charge in [-0.3, -0.25) is 4.79 Å². The molecule has 6 heteroatoms. The first-order valence-electron chi connectivity index (χ1n) is 4.80. The average Bonchev–Trinajstić information content (AvgIpc) is 2.29. The molecule has 0 aliphatic carbocycles. The van der Waals surface area contributed by atoms with Crippen LogP contribution in [0, 0.1) is 5.82 Å². The number of halogens is 1. The van der Waals surface area contributed by atoms with E-state index in [1.165, 1.54) is 12.3 Å². The van der Waals surface area contributed by atoms with Crippen molar-refractivity contribution in [2.45, 2.75) is 0 Å². The molecule has 0 saturated heterocycles. The molecule has 2 aromatic rings. The summed E-state index contributed by atoms with van der Waals surface area (Å²) in [6.45, 7) is 0. The number of nitrogens with zero attached hydrogens (tertiary/aromatic N) is 2. The lowest BCUT2D eigenvalue weighted by molar-refractivity contribution is 0.102. The number of nitrogen functional groups attached to an aromatic ring is 1. The van der Waals surface area contributed by atoms with Crippen LogP contribution < -0.4 is 11.1 Å². The normalized spacial score (nSPS) is 9.94. The summed E-state index contributed by atoms with van der Waals surface area (Å²) in [5.41, 5.74) is 5.76. The topological polar surface area (TPSA) is 80.9 Å². The van der Waals surface area contributed by atoms with Crippen molar-refractivity contribution in [2.24, 2.45) is 0 Å². The quantitative estimate of drug-likeness (QED) is 0.768. The zero-order chi connectivity index (χ0) is 12.3. The molecule has 0 aliphatic rings. The van der Waals surface area contributed by atoms with Gasteiger partial charge < -0.3 is 11.1 Å². The number of carbonyl (C=O) groups excluding carboxylic acids is 1. The van der Waals surface area contributed by atoms with Crippen LogP contribution in [0.2, 0.25) is 0 Å². The molecule has 0 spiro atoms. The van der Waals surface area contributed by atoms with E-state index in [4.69, 9.17) is 5.73 Å². The highest BCUT2D eigenvalue weighted by molar-refractivity contribution is 6.04. The molecule has 3 N–H and O–H groups in total. The van der Waals surface area contributed by atoms with Crippen LogP contribution in [0.3, 0.4) is 0 Å². The first-order valence-corrected chi connectivity index (χ1v) is 4.80. The van der Waals surface area contributed by atoms with E-state index < -0.39 is 11.7 Å². The van der Waals surface area contributed by atoms with Crippen molar-refractivity contribution in [2.75, 3.05) is 11.1 Å². The Balaban J connectivity index is 2.20. The number of hydrogen-bond donors (Lipinski definition) is 2. The lowest BCUT2D eigenvalue weighted by atomic mass is 10.2. The number of amides is 1. The van der Waals surface area contributed by atoms with Gasteiger partial charge in [-0.1, -0.05) is 0 Å². The Bertz CT molecular complexity index is 524. The molecule has 0 radical (unpaired) electrons. The fourth-order valence-electron chi connectivity index (χ4n) is 1.30. The van der Waals surface area contributed by atoms with Gasteiger partial charge >= 0.3 is 0 Å². The summed E-state index contributed by atoms with van der Waals surface area (Å²) in [6.07, 6.45) is 1.48. The predicted octanol–water partition coefficient (Wildman–Crippen LogP) is 1.45. The number of nitrogens with one attached hydrogen (secondary N) is 1. The third-order valence-electron chi connectivity index (χ3n) is 2.00. The monoisotopic (exact) mass is 232 g/mol. The molecular weight excluding hydrogens is 223 g/mol. The molecule has 1 aromatic heterocycles. The van der Waals surface area contributed by atoms with Crippen molar-refractivity contribution >= 4 is 17.4 Å². The first kappa shape index (κ1) is 11.0. The zero-order valence-corrected chi connectivity index (χ0v) is 8.72.